The summed E-state index contributed by atoms with van der Waals surface area (Å²) in [6.45, 7) is -2.08. The van der Waals surface area contributed by atoms with Crippen LogP contribution in [0.2, 0.25) is 0 Å². The normalized spacial score (nSPS) is 21.7. The fourth-order valence-electron chi connectivity index (χ4n) is 1.79. The number of hydrogen-bond acceptors (Lipinski definition) is 4. The maximum Gasteiger partial charge on any atom is 0.411 e. The molecule has 0 saturated carbocycles. The number of carbonyl (C=O) groups is 1. The van der Waals surface area contributed by atoms with Crippen molar-refractivity contribution in [3.05, 3.63) is 0 Å². The van der Waals surface area contributed by atoms with Crippen molar-refractivity contribution < 1.29 is 36.2 Å². The number of nitrogens with zero attached hydrogens (tertiary/aromatic N) is 1. The summed E-state index contributed by atoms with van der Waals surface area (Å²) in [6.07, 6.45) is -3.89. The molecule has 1 aliphatic rings. The van der Waals surface area contributed by atoms with Crippen molar-refractivity contribution in [3.63, 3.8) is 0 Å². The Bertz CT molecular complexity index is 422. The number of rotatable bonds is 6. The minimum absolute atomic E-state index is 0.0680. The van der Waals surface area contributed by atoms with E-state index >= 15 is 0 Å². The Morgan fingerprint density at radius 1 is 1.42 bits per heavy atom. The fourth-order valence-corrected chi connectivity index (χ4v) is 3.34. The summed E-state index contributed by atoms with van der Waals surface area (Å²) in [5, 5.41) is 8.84. The molecule has 1 saturated heterocycles. The van der Waals surface area contributed by atoms with Crippen LogP contribution < -0.4 is 0 Å². The van der Waals surface area contributed by atoms with E-state index in [2.05, 4.69) is 4.74 Å². The molecule has 19 heavy (non-hydrogen) atoms. The third-order valence-electron chi connectivity index (χ3n) is 2.60. The summed E-state index contributed by atoms with van der Waals surface area (Å²) in [6, 6.07) is -1.13. The monoisotopic (exact) mass is 305 g/mol. The topological polar surface area (TPSA) is 83.9 Å². The average Bonchev–Trinajstić information content (AvgIpc) is 2.72. The second-order valence-electron chi connectivity index (χ2n) is 4.09. The molecule has 0 aromatic heterocycles. The molecule has 1 heterocycles. The van der Waals surface area contributed by atoms with Crippen LogP contribution in [-0.4, -0.2) is 61.5 Å². The minimum atomic E-state index is -4.51. The molecule has 0 aliphatic carbocycles. The molecule has 1 N–H and O–H groups in total. The van der Waals surface area contributed by atoms with Gasteiger partial charge in [0.15, 0.2) is 0 Å². The van der Waals surface area contributed by atoms with Crippen LogP contribution in [0.15, 0.2) is 0 Å². The average molecular weight is 305 g/mol. The zero-order valence-electron chi connectivity index (χ0n) is 9.89. The van der Waals surface area contributed by atoms with Gasteiger partial charge in [-0.3, -0.25) is 4.79 Å². The van der Waals surface area contributed by atoms with Gasteiger partial charge >= 0.3 is 12.1 Å². The summed E-state index contributed by atoms with van der Waals surface area (Å²) in [7, 11) is -3.91. The Kier molecular flexibility index (Phi) is 5.16. The lowest BCUT2D eigenvalue weighted by Crippen LogP contribution is -2.42. The molecular weight excluding hydrogens is 291 g/mol. The fraction of sp³-hybridized carbons (Fsp3) is 0.889. The van der Waals surface area contributed by atoms with E-state index in [0.29, 0.717) is 6.42 Å². The predicted molar refractivity (Wildman–Crippen MR) is 58.0 cm³/mol. The lowest BCUT2D eigenvalue weighted by molar-refractivity contribution is -0.172. The first-order chi connectivity index (χ1) is 8.63. The summed E-state index contributed by atoms with van der Waals surface area (Å²) in [4.78, 5) is 10.8. The van der Waals surface area contributed by atoms with Crippen molar-refractivity contribution >= 4 is 16.0 Å². The third-order valence-corrected chi connectivity index (χ3v) is 4.43. The van der Waals surface area contributed by atoms with Gasteiger partial charge in [0.1, 0.15) is 12.6 Å². The molecule has 1 aliphatic heterocycles. The van der Waals surface area contributed by atoms with Crippen LogP contribution in [-0.2, 0) is 19.6 Å². The quantitative estimate of drug-likeness (QED) is 0.720. The molecule has 0 aromatic rings. The molecule has 0 spiro atoms. The lowest BCUT2D eigenvalue weighted by atomic mass is 10.2. The number of halogens is 3. The van der Waals surface area contributed by atoms with Crippen LogP contribution in [0.4, 0.5) is 13.2 Å². The van der Waals surface area contributed by atoms with Gasteiger partial charge in [-0.05, 0) is 12.8 Å². The number of sulfonamides is 1. The number of carboxylic acid groups (broad SMARTS) is 1. The number of carboxylic acids is 1. The van der Waals surface area contributed by atoms with E-state index in [1.165, 1.54) is 0 Å². The number of ether oxygens (including phenoxy) is 1. The summed E-state index contributed by atoms with van der Waals surface area (Å²) in [5.41, 5.74) is 0. The smallest absolute Gasteiger partial charge is 0.411 e. The van der Waals surface area contributed by atoms with E-state index < -0.39 is 47.2 Å². The molecule has 0 radical (unpaired) electrons. The predicted octanol–water partition coefficient (Wildman–Crippen LogP) is 0.444. The molecule has 0 unspecified atom stereocenters. The molecule has 10 heteroatoms. The molecule has 0 aromatic carbocycles. The van der Waals surface area contributed by atoms with Gasteiger partial charge in [0.05, 0.1) is 12.4 Å². The van der Waals surface area contributed by atoms with Crippen molar-refractivity contribution in [2.24, 2.45) is 0 Å². The van der Waals surface area contributed by atoms with E-state index in [9.17, 15) is 26.4 Å². The third kappa shape index (κ3) is 4.96. The van der Waals surface area contributed by atoms with Gasteiger partial charge in [0.25, 0.3) is 0 Å². The van der Waals surface area contributed by atoms with Gasteiger partial charge < -0.3 is 9.84 Å². The van der Waals surface area contributed by atoms with E-state index in [0.717, 1.165) is 4.31 Å². The van der Waals surface area contributed by atoms with Crippen LogP contribution in [0.25, 0.3) is 0 Å². The molecular formula is C9H14F3NO5S. The molecule has 1 atom stereocenters. The van der Waals surface area contributed by atoms with Crippen LogP contribution in [0.3, 0.4) is 0 Å². The summed E-state index contributed by atoms with van der Waals surface area (Å²) in [5.74, 6) is -1.91. The van der Waals surface area contributed by atoms with Crippen molar-refractivity contribution in [2.75, 3.05) is 25.5 Å². The van der Waals surface area contributed by atoms with Gasteiger partial charge in [-0.1, -0.05) is 0 Å². The highest BCUT2D eigenvalue weighted by Crippen LogP contribution is 2.21. The minimum Gasteiger partial charge on any atom is -0.480 e. The Balaban J connectivity index is 2.50. The van der Waals surface area contributed by atoms with Crippen molar-refractivity contribution in [2.45, 2.75) is 25.1 Å². The first-order valence-electron chi connectivity index (χ1n) is 5.50. The van der Waals surface area contributed by atoms with Gasteiger partial charge in [0, 0.05) is 6.54 Å². The largest absolute Gasteiger partial charge is 0.480 e. The standard InChI is InChI=1S/C9H14F3NO5S/c10-9(11,12)6-18-4-5-19(16,17)13-3-1-2-7(13)8(14)15/h7H,1-6H2,(H,14,15)/t7-/m0/s1. The summed E-state index contributed by atoms with van der Waals surface area (Å²) >= 11 is 0. The first kappa shape index (κ1) is 16.2. The highest BCUT2D eigenvalue weighted by Gasteiger charge is 2.38. The van der Waals surface area contributed by atoms with Gasteiger partial charge in [-0.15, -0.1) is 0 Å². The van der Waals surface area contributed by atoms with E-state index in [4.69, 9.17) is 5.11 Å². The maximum atomic E-state index is 11.8. The van der Waals surface area contributed by atoms with Crippen LogP contribution >= 0.6 is 0 Å². The van der Waals surface area contributed by atoms with E-state index in [1.54, 1.807) is 0 Å². The highest BCUT2D eigenvalue weighted by molar-refractivity contribution is 7.89. The summed E-state index contributed by atoms with van der Waals surface area (Å²) < 4.78 is 63.9. The Labute approximate surface area is 108 Å². The molecule has 0 amide bonds. The Hall–Kier alpha value is -0.870. The number of hydrogen-bond donors (Lipinski definition) is 1. The second kappa shape index (κ2) is 6.06. The van der Waals surface area contributed by atoms with Gasteiger partial charge in [-0.2, -0.15) is 17.5 Å². The number of aliphatic carboxylic acids is 1. The maximum absolute atomic E-state index is 11.8. The van der Waals surface area contributed by atoms with Crippen molar-refractivity contribution in [3.8, 4) is 0 Å². The molecule has 1 fully saturated rings. The molecule has 0 bridgehead atoms. The van der Waals surface area contributed by atoms with Crippen molar-refractivity contribution in [1.29, 1.82) is 0 Å². The zero-order chi connectivity index (χ0) is 14.7. The first-order valence-corrected chi connectivity index (χ1v) is 7.11. The second-order valence-corrected chi connectivity index (χ2v) is 6.13. The van der Waals surface area contributed by atoms with E-state index in [-0.39, 0.29) is 13.0 Å². The van der Waals surface area contributed by atoms with Crippen molar-refractivity contribution in [1.82, 2.24) is 4.31 Å². The Morgan fingerprint density at radius 3 is 2.58 bits per heavy atom. The SMILES string of the molecule is O=C(O)[C@@H]1CCCN1S(=O)(=O)CCOCC(F)(F)F. The van der Waals surface area contributed by atoms with Crippen LogP contribution in [0.5, 0.6) is 0 Å². The Morgan fingerprint density at radius 2 is 2.05 bits per heavy atom. The van der Waals surface area contributed by atoms with E-state index in [1.807, 2.05) is 0 Å². The van der Waals surface area contributed by atoms with Gasteiger partial charge in [0.2, 0.25) is 10.0 Å². The molecule has 112 valence electrons. The number of alkyl halides is 3. The van der Waals surface area contributed by atoms with Crippen LogP contribution in [0, 0.1) is 0 Å². The molecule has 6 nitrogen and oxygen atoms in total. The highest BCUT2D eigenvalue weighted by atomic mass is 32.2. The van der Waals surface area contributed by atoms with Gasteiger partial charge in [-0.25, -0.2) is 8.42 Å². The zero-order valence-corrected chi connectivity index (χ0v) is 10.7. The lowest BCUT2D eigenvalue weighted by Gasteiger charge is -2.20. The molecule has 1 rings (SSSR count). The van der Waals surface area contributed by atoms with Crippen LogP contribution in [0.1, 0.15) is 12.8 Å².